The average Bonchev–Trinajstić information content (AvgIpc) is 3.17. The predicted molar refractivity (Wildman–Crippen MR) is 70.5 cm³/mol. The Hall–Kier alpha value is -2.54. The van der Waals surface area contributed by atoms with Crippen LogP contribution in [0.25, 0.3) is 22.6 Å². The summed E-state index contributed by atoms with van der Waals surface area (Å²) >= 11 is 0. The number of aromatic nitrogens is 6. The van der Waals surface area contributed by atoms with E-state index < -0.39 is 0 Å². The van der Waals surface area contributed by atoms with Crippen LogP contribution in [0.15, 0.2) is 30.6 Å². The number of hydrogen-bond donors (Lipinski definition) is 1. The smallest absolute Gasteiger partial charge is 0.204 e. The molecule has 1 aromatic carbocycles. The SMILES string of the molecule is c1cc(-c2ncn3c2COCC3)ccc1-c1nn[nH]n1. The van der Waals surface area contributed by atoms with E-state index in [1.165, 1.54) is 0 Å². The first-order valence-electron chi connectivity index (χ1n) is 6.38. The van der Waals surface area contributed by atoms with Crippen molar-refractivity contribution in [1.29, 1.82) is 0 Å². The van der Waals surface area contributed by atoms with E-state index in [9.17, 15) is 0 Å². The van der Waals surface area contributed by atoms with Gasteiger partial charge in [0.1, 0.15) is 0 Å². The van der Waals surface area contributed by atoms with E-state index in [4.69, 9.17) is 4.74 Å². The summed E-state index contributed by atoms with van der Waals surface area (Å²) in [6, 6.07) is 7.97. The molecule has 1 N–H and O–H groups in total. The van der Waals surface area contributed by atoms with Crippen molar-refractivity contribution < 1.29 is 4.74 Å². The van der Waals surface area contributed by atoms with Gasteiger partial charge in [-0.05, 0) is 5.21 Å². The second kappa shape index (κ2) is 4.53. The highest BCUT2D eigenvalue weighted by Crippen LogP contribution is 2.26. The monoisotopic (exact) mass is 268 g/mol. The van der Waals surface area contributed by atoms with Crippen LogP contribution in [0.5, 0.6) is 0 Å². The molecule has 20 heavy (non-hydrogen) atoms. The number of imidazole rings is 1. The van der Waals surface area contributed by atoms with Crippen LogP contribution in [0.2, 0.25) is 0 Å². The Morgan fingerprint density at radius 2 is 2.00 bits per heavy atom. The zero-order chi connectivity index (χ0) is 13.4. The highest BCUT2D eigenvalue weighted by molar-refractivity contribution is 5.66. The van der Waals surface area contributed by atoms with Crippen molar-refractivity contribution in [2.75, 3.05) is 6.61 Å². The van der Waals surface area contributed by atoms with Gasteiger partial charge >= 0.3 is 0 Å². The molecule has 0 radical (unpaired) electrons. The van der Waals surface area contributed by atoms with E-state index in [0.29, 0.717) is 12.4 Å². The fourth-order valence-electron chi connectivity index (χ4n) is 2.39. The topological polar surface area (TPSA) is 81.5 Å². The van der Waals surface area contributed by atoms with Crippen LogP contribution >= 0.6 is 0 Å². The molecule has 0 atom stereocenters. The van der Waals surface area contributed by atoms with Crippen LogP contribution < -0.4 is 0 Å². The molecular weight excluding hydrogens is 256 g/mol. The second-order valence-electron chi connectivity index (χ2n) is 4.60. The largest absolute Gasteiger partial charge is 0.373 e. The summed E-state index contributed by atoms with van der Waals surface area (Å²) in [5.74, 6) is 0.590. The van der Waals surface area contributed by atoms with Crippen LogP contribution in [-0.4, -0.2) is 36.8 Å². The Morgan fingerprint density at radius 1 is 1.15 bits per heavy atom. The van der Waals surface area contributed by atoms with Gasteiger partial charge < -0.3 is 9.30 Å². The van der Waals surface area contributed by atoms with Crippen molar-refractivity contribution >= 4 is 0 Å². The lowest BCUT2D eigenvalue weighted by molar-refractivity contribution is 0.0854. The van der Waals surface area contributed by atoms with Crippen LogP contribution in [0, 0.1) is 0 Å². The van der Waals surface area contributed by atoms with E-state index in [1.807, 2.05) is 30.6 Å². The number of aromatic amines is 1. The number of ether oxygens (including phenoxy) is 1. The number of hydrogen-bond acceptors (Lipinski definition) is 5. The zero-order valence-corrected chi connectivity index (χ0v) is 10.7. The molecule has 0 aliphatic carbocycles. The number of nitrogens with one attached hydrogen (secondary N) is 1. The van der Waals surface area contributed by atoms with Crippen molar-refractivity contribution in [3.8, 4) is 22.6 Å². The van der Waals surface area contributed by atoms with E-state index in [0.717, 1.165) is 35.7 Å². The van der Waals surface area contributed by atoms with E-state index in [1.54, 1.807) is 0 Å². The molecule has 1 aliphatic rings. The van der Waals surface area contributed by atoms with Gasteiger partial charge in [0.2, 0.25) is 5.82 Å². The molecule has 0 fully saturated rings. The summed E-state index contributed by atoms with van der Waals surface area (Å²) in [7, 11) is 0. The molecular formula is C13H12N6O. The number of tetrazole rings is 1. The quantitative estimate of drug-likeness (QED) is 0.756. The van der Waals surface area contributed by atoms with E-state index in [2.05, 4.69) is 30.2 Å². The van der Waals surface area contributed by atoms with Gasteiger partial charge in [0, 0.05) is 17.7 Å². The fraction of sp³-hybridized carbons (Fsp3) is 0.231. The molecule has 100 valence electrons. The maximum atomic E-state index is 5.51. The first-order chi connectivity index (χ1) is 9.92. The molecule has 4 rings (SSSR count). The number of benzene rings is 1. The lowest BCUT2D eigenvalue weighted by atomic mass is 10.1. The molecule has 3 aromatic rings. The standard InChI is InChI=1S/C13H12N6O/c1-3-10(13-15-17-18-16-13)4-2-9(1)12-11-7-20-6-5-19(11)8-14-12/h1-4,8H,5-7H2,(H,15,16,17,18). The number of H-pyrrole nitrogens is 1. The van der Waals surface area contributed by atoms with Gasteiger partial charge in [-0.15, -0.1) is 10.2 Å². The molecule has 0 saturated heterocycles. The highest BCUT2D eigenvalue weighted by Gasteiger charge is 2.16. The van der Waals surface area contributed by atoms with Crippen molar-refractivity contribution in [1.82, 2.24) is 30.2 Å². The normalized spacial score (nSPS) is 14.2. The predicted octanol–water partition coefficient (Wildman–Crippen LogP) is 1.26. The minimum atomic E-state index is 0.590. The number of nitrogens with zero attached hydrogens (tertiary/aromatic N) is 5. The summed E-state index contributed by atoms with van der Waals surface area (Å²) in [5, 5.41) is 13.9. The van der Waals surface area contributed by atoms with Crippen LogP contribution in [0.1, 0.15) is 5.69 Å². The molecule has 0 bridgehead atoms. The second-order valence-corrected chi connectivity index (χ2v) is 4.60. The molecule has 2 aromatic heterocycles. The van der Waals surface area contributed by atoms with Gasteiger partial charge in [-0.3, -0.25) is 0 Å². The van der Waals surface area contributed by atoms with Crippen LogP contribution in [0.3, 0.4) is 0 Å². The van der Waals surface area contributed by atoms with Gasteiger partial charge in [0.15, 0.2) is 0 Å². The van der Waals surface area contributed by atoms with Crippen molar-refractivity contribution in [2.24, 2.45) is 0 Å². The Morgan fingerprint density at radius 3 is 2.80 bits per heavy atom. The Labute approximate surface area is 114 Å². The molecule has 0 unspecified atom stereocenters. The number of fused-ring (bicyclic) bond motifs is 1. The Balaban J connectivity index is 1.71. The lowest BCUT2D eigenvalue weighted by Crippen LogP contribution is -2.15. The zero-order valence-electron chi connectivity index (χ0n) is 10.7. The van der Waals surface area contributed by atoms with Gasteiger partial charge in [-0.2, -0.15) is 5.21 Å². The molecule has 3 heterocycles. The van der Waals surface area contributed by atoms with Crippen molar-refractivity contribution in [3.05, 3.63) is 36.3 Å². The van der Waals surface area contributed by atoms with Crippen molar-refractivity contribution in [2.45, 2.75) is 13.2 Å². The summed E-state index contributed by atoms with van der Waals surface area (Å²) < 4.78 is 7.65. The molecule has 0 spiro atoms. The van der Waals surface area contributed by atoms with Crippen molar-refractivity contribution in [3.63, 3.8) is 0 Å². The average molecular weight is 268 g/mol. The summed E-state index contributed by atoms with van der Waals surface area (Å²) in [6.45, 7) is 2.23. The maximum Gasteiger partial charge on any atom is 0.204 e. The van der Waals surface area contributed by atoms with Gasteiger partial charge in [0.05, 0.1) is 30.9 Å². The third kappa shape index (κ3) is 1.79. The number of rotatable bonds is 2. The first kappa shape index (κ1) is 11.3. The molecule has 0 amide bonds. The first-order valence-corrected chi connectivity index (χ1v) is 6.38. The molecule has 7 nitrogen and oxygen atoms in total. The fourth-order valence-corrected chi connectivity index (χ4v) is 2.39. The minimum Gasteiger partial charge on any atom is -0.373 e. The van der Waals surface area contributed by atoms with E-state index in [-0.39, 0.29) is 0 Å². The summed E-state index contributed by atoms with van der Waals surface area (Å²) in [5.41, 5.74) is 4.09. The Kier molecular flexibility index (Phi) is 2.56. The summed E-state index contributed by atoms with van der Waals surface area (Å²) in [4.78, 5) is 4.49. The molecule has 0 saturated carbocycles. The minimum absolute atomic E-state index is 0.590. The molecule has 7 heteroatoms. The molecule has 1 aliphatic heterocycles. The van der Waals surface area contributed by atoms with Gasteiger partial charge in [-0.1, -0.05) is 24.3 Å². The third-order valence-corrected chi connectivity index (χ3v) is 3.42. The van der Waals surface area contributed by atoms with Gasteiger partial charge in [-0.25, -0.2) is 4.98 Å². The third-order valence-electron chi connectivity index (χ3n) is 3.42. The maximum absolute atomic E-state index is 5.51. The highest BCUT2D eigenvalue weighted by atomic mass is 16.5. The van der Waals surface area contributed by atoms with Crippen LogP contribution in [0.4, 0.5) is 0 Å². The summed E-state index contributed by atoms with van der Waals surface area (Å²) in [6.07, 6.45) is 1.88. The van der Waals surface area contributed by atoms with Crippen LogP contribution in [-0.2, 0) is 17.9 Å². The lowest BCUT2D eigenvalue weighted by Gasteiger charge is -2.16. The van der Waals surface area contributed by atoms with Gasteiger partial charge in [0.25, 0.3) is 0 Å². The Bertz CT molecular complexity index is 716. The van der Waals surface area contributed by atoms with E-state index >= 15 is 0 Å².